The molecule has 1 amide bonds. The van der Waals surface area contributed by atoms with Crippen LogP contribution in [0.2, 0.25) is 0 Å². The van der Waals surface area contributed by atoms with E-state index in [1.807, 2.05) is 42.5 Å². The highest BCUT2D eigenvalue weighted by atomic mass is 16.3. The van der Waals surface area contributed by atoms with Crippen molar-refractivity contribution in [3.05, 3.63) is 78.6 Å². The highest BCUT2D eigenvalue weighted by Gasteiger charge is 2.19. The summed E-state index contributed by atoms with van der Waals surface area (Å²) >= 11 is 0. The molecule has 0 aliphatic heterocycles. The Balaban J connectivity index is 1.48. The number of tetrazole rings is 1. The van der Waals surface area contributed by atoms with Gasteiger partial charge in [-0.25, -0.2) is 0 Å². The van der Waals surface area contributed by atoms with Crippen LogP contribution in [0.15, 0.2) is 76.0 Å². The van der Waals surface area contributed by atoms with Crippen LogP contribution in [0.25, 0.3) is 11.4 Å². The number of carbonyl (C=O) groups excluding carboxylic acids is 1. The maximum absolute atomic E-state index is 12.8. The van der Waals surface area contributed by atoms with Gasteiger partial charge in [-0.05, 0) is 29.5 Å². The molecule has 0 atom stereocenters. The van der Waals surface area contributed by atoms with Crippen LogP contribution < -0.4 is 0 Å². The van der Waals surface area contributed by atoms with Crippen LogP contribution in [-0.2, 0) is 24.4 Å². The molecule has 0 radical (unpaired) electrons. The SMILES string of the molecule is O=C(Cn1nnc(-c2ccccc2)n1)N(Cc1ccco1)Cc1ccco1. The molecule has 3 heterocycles. The quantitative estimate of drug-likeness (QED) is 0.501. The van der Waals surface area contributed by atoms with Crippen LogP contribution in [0, 0.1) is 0 Å². The molecule has 4 rings (SSSR count). The summed E-state index contributed by atoms with van der Waals surface area (Å²) in [6, 6.07) is 16.7. The minimum atomic E-state index is -0.167. The number of hydrogen-bond donors (Lipinski definition) is 0. The first kappa shape index (κ1) is 16.8. The predicted molar refractivity (Wildman–Crippen MR) is 94.9 cm³/mol. The standard InChI is InChI=1S/C19H17N5O3/c25-18(14-24-21-19(20-22-24)15-6-2-1-3-7-15)23(12-16-8-4-10-26-16)13-17-9-5-11-27-17/h1-11H,12-14H2. The Hall–Kier alpha value is -3.68. The monoisotopic (exact) mass is 363 g/mol. The summed E-state index contributed by atoms with van der Waals surface area (Å²) in [5.74, 6) is 1.68. The van der Waals surface area contributed by atoms with Crippen molar-refractivity contribution in [1.82, 2.24) is 25.1 Å². The summed E-state index contributed by atoms with van der Waals surface area (Å²) in [7, 11) is 0. The molecule has 0 unspecified atom stereocenters. The average Bonchev–Trinajstić information content (AvgIpc) is 3.45. The number of hydrogen-bond acceptors (Lipinski definition) is 6. The second-order valence-corrected chi connectivity index (χ2v) is 5.92. The lowest BCUT2D eigenvalue weighted by molar-refractivity contribution is -0.134. The lowest BCUT2D eigenvalue weighted by Crippen LogP contribution is -2.33. The summed E-state index contributed by atoms with van der Waals surface area (Å²) in [5.41, 5.74) is 0.847. The molecular formula is C19H17N5O3. The lowest BCUT2D eigenvalue weighted by Gasteiger charge is -2.20. The van der Waals surface area contributed by atoms with Gasteiger partial charge in [0.15, 0.2) is 0 Å². The van der Waals surface area contributed by atoms with Crippen molar-refractivity contribution in [3.63, 3.8) is 0 Å². The third-order valence-corrected chi connectivity index (χ3v) is 3.97. The van der Waals surface area contributed by atoms with Crippen molar-refractivity contribution < 1.29 is 13.6 Å². The van der Waals surface area contributed by atoms with Gasteiger partial charge in [0.1, 0.15) is 18.1 Å². The maximum Gasteiger partial charge on any atom is 0.247 e. The minimum Gasteiger partial charge on any atom is -0.467 e. The van der Waals surface area contributed by atoms with Gasteiger partial charge in [-0.15, -0.1) is 10.2 Å². The zero-order valence-electron chi connectivity index (χ0n) is 14.4. The molecule has 0 aliphatic carbocycles. The van der Waals surface area contributed by atoms with Crippen LogP contribution in [0.3, 0.4) is 0 Å². The Labute approximate surface area is 155 Å². The average molecular weight is 363 g/mol. The molecule has 8 nitrogen and oxygen atoms in total. The number of furan rings is 2. The Morgan fingerprint density at radius 2 is 1.59 bits per heavy atom. The van der Waals surface area contributed by atoms with E-state index in [2.05, 4.69) is 15.4 Å². The summed E-state index contributed by atoms with van der Waals surface area (Å²) in [5, 5.41) is 12.3. The van der Waals surface area contributed by atoms with Gasteiger partial charge in [0, 0.05) is 5.56 Å². The summed E-state index contributed by atoms with van der Waals surface area (Å²) < 4.78 is 10.7. The zero-order chi connectivity index (χ0) is 18.5. The van der Waals surface area contributed by atoms with Gasteiger partial charge in [0.05, 0.1) is 25.6 Å². The summed E-state index contributed by atoms with van der Waals surface area (Å²) in [6.07, 6.45) is 3.16. The molecule has 0 spiro atoms. The van der Waals surface area contributed by atoms with Crippen molar-refractivity contribution in [3.8, 4) is 11.4 Å². The molecule has 0 bridgehead atoms. The molecule has 1 aromatic carbocycles. The van der Waals surface area contributed by atoms with Crippen molar-refractivity contribution in [2.75, 3.05) is 0 Å². The number of aromatic nitrogens is 4. The van der Waals surface area contributed by atoms with E-state index < -0.39 is 0 Å². The van der Waals surface area contributed by atoms with Gasteiger partial charge in [-0.2, -0.15) is 4.80 Å². The minimum absolute atomic E-state index is 0.0265. The van der Waals surface area contributed by atoms with E-state index in [0.29, 0.717) is 30.4 Å². The second kappa shape index (κ2) is 7.69. The third-order valence-electron chi connectivity index (χ3n) is 3.97. The van der Waals surface area contributed by atoms with E-state index in [-0.39, 0.29) is 12.5 Å². The Bertz CT molecular complexity index is 941. The Morgan fingerprint density at radius 1 is 0.926 bits per heavy atom. The first-order chi connectivity index (χ1) is 13.3. The van der Waals surface area contributed by atoms with E-state index in [0.717, 1.165) is 5.56 Å². The zero-order valence-corrected chi connectivity index (χ0v) is 14.4. The van der Waals surface area contributed by atoms with Crippen molar-refractivity contribution in [2.24, 2.45) is 0 Å². The number of carbonyl (C=O) groups is 1. The third kappa shape index (κ3) is 4.12. The second-order valence-electron chi connectivity index (χ2n) is 5.92. The number of benzene rings is 1. The molecule has 4 aromatic rings. The van der Waals surface area contributed by atoms with Crippen LogP contribution >= 0.6 is 0 Å². The van der Waals surface area contributed by atoms with Crippen molar-refractivity contribution >= 4 is 5.91 Å². The van der Waals surface area contributed by atoms with Gasteiger partial charge in [-0.3, -0.25) is 4.79 Å². The van der Waals surface area contributed by atoms with E-state index in [1.165, 1.54) is 4.80 Å². The molecule has 0 saturated carbocycles. The van der Waals surface area contributed by atoms with Gasteiger partial charge < -0.3 is 13.7 Å². The highest BCUT2D eigenvalue weighted by Crippen LogP contribution is 2.14. The smallest absolute Gasteiger partial charge is 0.247 e. The van der Waals surface area contributed by atoms with Crippen LogP contribution in [0.4, 0.5) is 0 Å². The molecule has 3 aromatic heterocycles. The summed E-state index contributed by atoms with van der Waals surface area (Å²) in [4.78, 5) is 15.7. The summed E-state index contributed by atoms with van der Waals surface area (Å²) in [6.45, 7) is 0.626. The molecule has 0 aliphatic rings. The number of rotatable bonds is 7. The molecular weight excluding hydrogens is 346 g/mol. The molecule has 27 heavy (non-hydrogen) atoms. The Morgan fingerprint density at radius 3 is 2.19 bits per heavy atom. The molecule has 0 N–H and O–H groups in total. The van der Waals surface area contributed by atoms with E-state index in [1.54, 1.807) is 29.6 Å². The first-order valence-corrected chi connectivity index (χ1v) is 8.44. The van der Waals surface area contributed by atoms with Gasteiger partial charge >= 0.3 is 0 Å². The van der Waals surface area contributed by atoms with Crippen molar-refractivity contribution in [1.29, 1.82) is 0 Å². The molecule has 0 fully saturated rings. The van der Waals surface area contributed by atoms with Gasteiger partial charge in [0.2, 0.25) is 11.7 Å². The fourth-order valence-electron chi connectivity index (χ4n) is 2.65. The molecule has 8 heteroatoms. The molecule has 136 valence electrons. The van der Waals surface area contributed by atoms with E-state index in [4.69, 9.17) is 8.83 Å². The largest absolute Gasteiger partial charge is 0.467 e. The fraction of sp³-hybridized carbons (Fsp3) is 0.158. The van der Waals surface area contributed by atoms with Crippen LogP contribution in [0.1, 0.15) is 11.5 Å². The number of amides is 1. The Kier molecular flexibility index (Phi) is 4.78. The highest BCUT2D eigenvalue weighted by molar-refractivity contribution is 5.75. The van der Waals surface area contributed by atoms with Crippen LogP contribution in [0.5, 0.6) is 0 Å². The maximum atomic E-state index is 12.8. The normalized spacial score (nSPS) is 10.8. The van der Waals surface area contributed by atoms with Crippen molar-refractivity contribution in [2.45, 2.75) is 19.6 Å². The van der Waals surface area contributed by atoms with E-state index >= 15 is 0 Å². The lowest BCUT2D eigenvalue weighted by atomic mass is 10.2. The first-order valence-electron chi connectivity index (χ1n) is 8.44. The predicted octanol–water partition coefficient (Wildman–Crippen LogP) is 2.76. The van der Waals surface area contributed by atoms with Gasteiger partial charge in [-0.1, -0.05) is 30.3 Å². The number of nitrogens with zero attached hydrogens (tertiary/aromatic N) is 5. The van der Waals surface area contributed by atoms with Gasteiger partial charge in [0.25, 0.3) is 0 Å². The van der Waals surface area contributed by atoms with E-state index in [9.17, 15) is 4.79 Å². The fourth-order valence-corrected chi connectivity index (χ4v) is 2.65. The van der Waals surface area contributed by atoms with Crippen LogP contribution in [-0.4, -0.2) is 31.0 Å². The molecule has 0 saturated heterocycles. The topological polar surface area (TPSA) is 90.2 Å².